The number of pyridine rings is 1. The fourth-order valence-corrected chi connectivity index (χ4v) is 2.94. The quantitative estimate of drug-likeness (QED) is 0.928. The fraction of sp³-hybridized carbons (Fsp3) is 0.375. The monoisotopic (exact) mass is 303 g/mol. The molecular weight excluding hydrogens is 286 g/mol. The Morgan fingerprint density at radius 2 is 2.19 bits per heavy atom. The van der Waals surface area contributed by atoms with Crippen LogP contribution >= 0.6 is 11.6 Å². The molecule has 1 fully saturated rings. The van der Waals surface area contributed by atoms with E-state index >= 15 is 0 Å². The third-order valence-corrected chi connectivity index (χ3v) is 4.23. The molecule has 1 saturated heterocycles. The Morgan fingerprint density at radius 1 is 1.38 bits per heavy atom. The van der Waals surface area contributed by atoms with E-state index in [1.54, 1.807) is 12.1 Å². The fourth-order valence-electron chi connectivity index (χ4n) is 2.77. The molecule has 0 bridgehead atoms. The highest BCUT2D eigenvalue weighted by Crippen LogP contribution is 2.19. The summed E-state index contributed by atoms with van der Waals surface area (Å²) in [5.41, 5.74) is 1.25. The van der Waals surface area contributed by atoms with E-state index in [0.717, 1.165) is 36.8 Å². The van der Waals surface area contributed by atoms with E-state index in [9.17, 15) is 4.79 Å². The van der Waals surface area contributed by atoms with Gasteiger partial charge in [-0.05, 0) is 38.1 Å². The van der Waals surface area contributed by atoms with Gasteiger partial charge in [0.05, 0.1) is 5.52 Å². The minimum atomic E-state index is -0.00294. The van der Waals surface area contributed by atoms with Crippen LogP contribution in [-0.2, 0) is 0 Å². The number of halogens is 1. The number of likely N-dealkylation sites (N-methyl/N-ethyl adjacent to an activating group) is 1. The number of fused-ring (bicyclic) bond motifs is 1. The van der Waals surface area contributed by atoms with Crippen molar-refractivity contribution in [3.8, 4) is 0 Å². The number of hydrogen-bond donors (Lipinski definition) is 1. The molecule has 3 rings (SSSR count). The molecule has 1 aromatic carbocycles. The van der Waals surface area contributed by atoms with Crippen LogP contribution in [0, 0.1) is 0 Å². The van der Waals surface area contributed by atoms with Crippen molar-refractivity contribution in [3.63, 3.8) is 0 Å². The zero-order chi connectivity index (χ0) is 14.8. The summed E-state index contributed by atoms with van der Waals surface area (Å²) >= 11 is 5.99. The van der Waals surface area contributed by atoms with Crippen molar-refractivity contribution in [2.75, 3.05) is 20.1 Å². The summed E-state index contributed by atoms with van der Waals surface area (Å²) in [6.07, 6.45) is 2.14. The van der Waals surface area contributed by atoms with Crippen LogP contribution in [-0.4, -0.2) is 42.0 Å². The third-order valence-electron chi connectivity index (χ3n) is 3.99. The van der Waals surface area contributed by atoms with Crippen LogP contribution in [0.3, 0.4) is 0 Å². The summed E-state index contributed by atoms with van der Waals surface area (Å²) in [7, 11) is 1.94. The normalized spacial score (nSPS) is 19.0. The van der Waals surface area contributed by atoms with Crippen LogP contribution < -0.4 is 5.32 Å². The average Bonchev–Trinajstić information content (AvgIpc) is 2.53. The van der Waals surface area contributed by atoms with Crippen molar-refractivity contribution in [1.29, 1.82) is 0 Å². The van der Waals surface area contributed by atoms with E-state index in [0.29, 0.717) is 16.8 Å². The second-order valence-electron chi connectivity index (χ2n) is 5.41. The van der Waals surface area contributed by atoms with Gasteiger partial charge in [0, 0.05) is 29.5 Å². The molecule has 110 valence electrons. The predicted molar refractivity (Wildman–Crippen MR) is 84.7 cm³/mol. The number of carbonyl (C=O) groups is 1. The lowest BCUT2D eigenvalue weighted by molar-refractivity contribution is 0.0692. The number of piperidine rings is 1. The molecule has 0 radical (unpaired) electrons. The third kappa shape index (κ3) is 3.01. The topological polar surface area (TPSA) is 45.2 Å². The largest absolute Gasteiger partial charge is 0.336 e. The maximum Gasteiger partial charge on any atom is 0.272 e. The number of amides is 1. The van der Waals surface area contributed by atoms with Crippen molar-refractivity contribution >= 4 is 28.4 Å². The molecule has 2 heterocycles. The molecule has 1 atom stereocenters. The first-order valence-corrected chi connectivity index (χ1v) is 7.58. The molecule has 0 aliphatic carbocycles. The van der Waals surface area contributed by atoms with E-state index in [-0.39, 0.29) is 5.91 Å². The van der Waals surface area contributed by atoms with Gasteiger partial charge in [0.15, 0.2) is 0 Å². The van der Waals surface area contributed by atoms with Crippen LogP contribution in [0.5, 0.6) is 0 Å². The number of benzene rings is 1. The van der Waals surface area contributed by atoms with Gasteiger partial charge in [0.2, 0.25) is 0 Å². The Labute approximate surface area is 129 Å². The highest BCUT2D eigenvalue weighted by Gasteiger charge is 2.24. The van der Waals surface area contributed by atoms with Gasteiger partial charge in [-0.1, -0.05) is 23.7 Å². The van der Waals surface area contributed by atoms with Crippen molar-refractivity contribution in [2.45, 2.75) is 18.9 Å². The second kappa shape index (κ2) is 6.00. The van der Waals surface area contributed by atoms with Crippen molar-refractivity contribution in [3.05, 3.63) is 41.0 Å². The number of carbonyl (C=O) groups excluding carboxylic acids is 1. The molecule has 1 N–H and O–H groups in total. The summed E-state index contributed by atoms with van der Waals surface area (Å²) in [4.78, 5) is 18.9. The lowest BCUT2D eigenvalue weighted by Crippen LogP contribution is -2.47. The summed E-state index contributed by atoms with van der Waals surface area (Å²) < 4.78 is 0. The Balaban J connectivity index is 1.87. The van der Waals surface area contributed by atoms with Gasteiger partial charge in [-0.3, -0.25) is 4.79 Å². The van der Waals surface area contributed by atoms with Crippen LogP contribution in [0.1, 0.15) is 23.3 Å². The molecule has 1 aliphatic rings. The summed E-state index contributed by atoms with van der Waals surface area (Å²) in [5, 5.41) is 4.87. The molecule has 0 unspecified atom stereocenters. The molecule has 1 aliphatic heterocycles. The Bertz CT molecular complexity index is 674. The summed E-state index contributed by atoms with van der Waals surface area (Å²) in [6, 6.07) is 9.62. The van der Waals surface area contributed by atoms with Crippen LogP contribution in [0.4, 0.5) is 0 Å². The maximum atomic E-state index is 12.6. The first kappa shape index (κ1) is 14.3. The standard InChI is InChI=1S/C16H18ClN3O/c1-18-13-3-2-8-20(10-13)16(21)14-7-5-11-4-6-12(17)9-15(11)19-14/h4-7,9,13,18H,2-3,8,10H2,1H3/t13-/m1/s1. The van der Waals surface area contributed by atoms with Gasteiger partial charge in [0.1, 0.15) is 5.69 Å². The minimum Gasteiger partial charge on any atom is -0.336 e. The van der Waals surface area contributed by atoms with Crippen molar-refractivity contribution in [1.82, 2.24) is 15.2 Å². The molecule has 4 nitrogen and oxygen atoms in total. The highest BCUT2D eigenvalue weighted by molar-refractivity contribution is 6.31. The first-order chi connectivity index (χ1) is 10.2. The van der Waals surface area contributed by atoms with Crippen molar-refractivity contribution in [2.24, 2.45) is 0 Å². The molecule has 0 spiro atoms. The SMILES string of the molecule is CN[C@@H]1CCCN(C(=O)c2ccc3ccc(Cl)cc3n2)C1. The molecule has 1 aromatic heterocycles. The molecular formula is C16H18ClN3O. The Hall–Kier alpha value is -1.65. The van der Waals surface area contributed by atoms with E-state index in [2.05, 4.69) is 10.3 Å². The molecule has 5 heteroatoms. The van der Waals surface area contributed by atoms with Gasteiger partial charge < -0.3 is 10.2 Å². The van der Waals surface area contributed by atoms with Gasteiger partial charge in [-0.15, -0.1) is 0 Å². The average molecular weight is 304 g/mol. The van der Waals surface area contributed by atoms with Gasteiger partial charge in [0.25, 0.3) is 5.91 Å². The number of nitrogens with zero attached hydrogens (tertiary/aromatic N) is 2. The summed E-state index contributed by atoms with van der Waals surface area (Å²) in [5.74, 6) is -0.00294. The van der Waals surface area contributed by atoms with Gasteiger partial charge in [-0.25, -0.2) is 4.98 Å². The first-order valence-electron chi connectivity index (χ1n) is 7.20. The highest BCUT2D eigenvalue weighted by atomic mass is 35.5. The number of likely N-dealkylation sites (tertiary alicyclic amines) is 1. The van der Waals surface area contributed by atoms with E-state index in [1.165, 1.54) is 0 Å². The van der Waals surface area contributed by atoms with Gasteiger partial charge in [-0.2, -0.15) is 0 Å². The van der Waals surface area contributed by atoms with E-state index in [1.807, 2.05) is 30.1 Å². The number of aromatic nitrogens is 1. The van der Waals surface area contributed by atoms with Gasteiger partial charge >= 0.3 is 0 Å². The molecule has 2 aromatic rings. The predicted octanol–water partition coefficient (Wildman–Crippen LogP) is 2.71. The van der Waals surface area contributed by atoms with E-state index in [4.69, 9.17) is 11.6 Å². The van der Waals surface area contributed by atoms with Crippen LogP contribution in [0.15, 0.2) is 30.3 Å². The lowest BCUT2D eigenvalue weighted by atomic mass is 10.1. The number of rotatable bonds is 2. The number of nitrogens with one attached hydrogen (secondary N) is 1. The van der Waals surface area contributed by atoms with Crippen molar-refractivity contribution < 1.29 is 4.79 Å². The van der Waals surface area contributed by atoms with Crippen LogP contribution in [0.2, 0.25) is 5.02 Å². The number of hydrogen-bond acceptors (Lipinski definition) is 3. The molecule has 1 amide bonds. The summed E-state index contributed by atoms with van der Waals surface area (Å²) in [6.45, 7) is 1.54. The zero-order valence-electron chi connectivity index (χ0n) is 12.0. The minimum absolute atomic E-state index is 0.00294. The molecule has 21 heavy (non-hydrogen) atoms. The molecule has 0 saturated carbocycles. The second-order valence-corrected chi connectivity index (χ2v) is 5.85. The van der Waals surface area contributed by atoms with Crippen LogP contribution in [0.25, 0.3) is 10.9 Å². The maximum absolute atomic E-state index is 12.6. The Morgan fingerprint density at radius 3 is 3.00 bits per heavy atom. The smallest absolute Gasteiger partial charge is 0.272 e. The lowest BCUT2D eigenvalue weighted by Gasteiger charge is -2.32. The van der Waals surface area contributed by atoms with E-state index < -0.39 is 0 Å². The Kier molecular flexibility index (Phi) is 4.08. The zero-order valence-corrected chi connectivity index (χ0v) is 12.7.